The fourth-order valence-corrected chi connectivity index (χ4v) is 1.59. The summed E-state index contributed by atoms with van der Waals surface area (Å²) in [5, 5.41) is 7.46. The summed E-state index contributed by atoms with van der Waals surface area (Å²) in [4.78, 5) is 0. The van der Waals surface area contributed by atoms with Crippen molar-refractivity contribution < 1.29 is 4.74 Å². The molecule has 0 bridgehead atoms. The SMILES string of the molecule is COCCNC(=S)N/N=C\c1ccccc1Br. The summed E-state index contributed by atoms with van der Waals surface area (Å²) in [6.45, 7) is 1.27. The van der Waals surface area contributed by atoms with Crippen molar-refractivity contribution in [1.82, 2.24) is 10.7 Å². The number of halogens is 1. The minimum atomic E-state index is 0.477. The van der Waals surface area contributed by atoms with Gasteiger partial charge < -0.3 is 10.1 Å². The van der Waals surface area contributed by atoms with E-state index in [1.165, 1.54) is 0 Å². The monoisotopic (exact) mass is 315 g/mol. The lowest BCUT2D eigenvalue weighted by atomic mass is 10.2. The van der Waals surface area contributed by atoms with E-state index in [4.69, 9.17) is 17.0 Å². The highest BCUT2D eigenvalue weighted by Crippen LogP contribution is 2.13. The average Bonchev–Trinajstić information content (AvgIpc) is 2.32. The molecule has 1 rings (SSSR count). The second-order valence-corrected chi connectivity index (χ2v) is 4.40. The molecule has 92 valence electrons. The average molecular weight is 316 g/mol. The van der Waals surface area contributed by atoms with Crippen LogP contribution in [0.1, 0.15) is 5.56 Å². The van der Waals surface area contributed by atoms with Gasteiger partial charge in [0.25, 0.3) is 0 Å². The van der Waals surface area contributed by atoms with Gasteiger partial charge in [0.1, 0.15) is 0 Å². The summed E-state index contributed by atoms with van der Waals surface area (Å²) in [6, 6.07) is 7.81. The first-order valence-electron chi connectivity index (χ1n) is 5.04. The minimum absolute atomic E-state index is 0.477. The molecule has 0 aromatic heterocycles. The van der Waals surface area contributed by atoms with E-state index in [-0.39, 0.29) is 0 Å². The summed E-state index contributed by atoms with van der Waals surface area (Å²) in [6.07, 6.45) is 1.70. The summed E-state index contributed by atoms with van der Waals surface area (Å²) in [5.74, 6) is 0. The van der Waals surface area contributed by atoms with Gasteiger partial charge in [-0.15, -0.1) is 0 Å². The van der Waals surface area contributed by atoms with E-state index < -0.39 is 0 Å². The maximum atomic E-state index is 5.01. The van der Waals surface area contributed by atoms with Crippen molar-refractivity contribution in [1.29, 1.82) is 0 Å². The number of ether oxygens (including phenoxy) is 1. The Morgan fingerprint density at radius 3 is 3.00 bits per heavy atom. The largest absolute Gasteiger partial charge is 0.383 e. The second kappa shape index (κ2) is 8.16. The molecule has 1 aromatic carbocycles. The lowest BCUT2D eigenvalue weighted by molar-refractivity contribution is 0.204. The van der Waals surface area contributed by atoms with Gasteiger partial charge >= 0.3 is 0 Å². The Bertz CT molecular complexity index is 398. The highest BCUT2D eigenvalue weighted by molar-refractivity contribution is 9.10. The number of nitrogens with zero attached hydrogens (tertiary/aromatic N) is 1. The second-order valence-electron chi connectivity index (χ2n) is 3.14. The summed E-state index contributed by atoms with van der Waals surface area (Å²) < 4.78 is 5.88. The number of hydrogen-bond donors (Lipinski definition) is 2. The zero-order valence-electron chi connectivity index (χ0n) is 9.44. The molecule has 0 amide bonds. The molecule has 0 radical (unpaired) electrons. The van der Waals surface area contributed by atoms with E-state index in [9.17, 15) is 0 Å². The van der Waals surface area contributed by atoms with Gasteiger partial charge in [-0.3, -0.25) is 5.43 Å². The van der Waals surface area contributed by atoms with E-state index in [2.05, 4.69) is 31.8 Å². The number of thiocarbonyl (C=S) groups is 1. The Kier molecular flexibility index (Phi) is 6.76. The van der Waals surface area contributed by atoms with E-state index in [0.29, 0.717) is 18.3 Å². The van der Waals surface area contributed by atoms with Crippen molar-refractivity contribution in [2.75, 3.05) is 20.3 Å². The van der Waals surface area contributed by atoms with Crippen LogP contribution in [0, 0.1) is 0 Å². The molecule has 17 heavy (non-hydrogen) atoms. The number of methoxy groups -OCH3 is 1. The molecule has 1 aromatic rings. The van der Waals surface area contributed by atoms with Crippen LogP contribution in [-0.2, 0) is 4.74 Å². The van der Waals surface area contributed by atoms with Crippen LogP contribution in [0.5, 0.6) is 0 Å². The smallest absolute Gasteiger partial charge is 0.187 e. The van der Waals surface area contributed by atoms with Crippen LogP contribution >= 0.6 is 28.1 Å². The zero-order valence-corrected chi connectivity index (χ0v) is 11.8. The number of hydrogen-bond acceptors (Lipinski definition) is 3. The van der Waals surface area contributed by atoms with Crippen LogP contribution in [0.15, 0.2) is 33.8 Å². The Labute approximate surface area is 115 Å². The van der Waals surface area contributed by atoms with Crippen LogP contribution < -0.4 is 10.7 Å². The third kappa shape index (κ3) is 5.76. The first kappa shape index (κ1) is 14.1. The predicted molar refractivity (Wildman–Crippen MR) is 77.3 cm³/mol. The van der Waals surface area contributed by atoms with Gasteiger partial charge in [0.15, 0.2) is 5.11 Å². The first-order chi connectivity index (χ1) is 8.24. The van der Waals surface area contributed by atoms with Crippen molar-refractivity contribution >= 4 is 39.5 Å². The predicted octanol–water partition coefficient (Wildman–Crippen LogP) is 1.89. The zero-order chi connectivity index (χ0) is 12.5. The van der Waals surface area contributed by atoms with Crippen molar-refractivity contribution in [2.45, 2.75) is 0 Å². The van der Waals surface area contributed by atoms with Crippen LogP contribution in [0.2, 0.25) is 0 Å². The van der Waals surface area contributed by atoms with Crippen LogP contribution in [0.25, 0.3) is 0 Å². The first-order valence-corrected chi connectivity index (χ1v) is 6.24. The quantitative estimate of drug-likeness (QED) is 0.377. The highest BCUT2D eigenvalue weighted by Gasteiger charge is 1.94. The molecular weight excluding hydrogens is 302 g/mol. The van der Waals surface area contributed by atoms with Crippen molar-refractivity contribution in [3.05, 3.63) is 34.3 Å². The topological polar surface area (TPSA) is 45.6 Å². The molecule has 0 saturated carbocycles. The number of nitrogens with one attached hydrogen (secondary N) is 2. The highest BCUT2D eigenvalue weighted by atomic mass is 79.9. The maximum absolute atomic E-state index is 5.01. The molecule has 0 spiro atoms. The molecule has 0 aliphatic rings. The Morgan fingerprint density at radius 1 is 1.53 bits per heavy atom. The van der Waals surface area contributed by atoms with Crippen molar-refractivity contribution in [2.24, 2.45) is 5.10 Å². The van der Waals surface area contributed by atoms with Gasteiger partial charge in [0, 0.05) is 23.7 Å². The lowest BCUT2D eigenvalue weighted by Gasteiger charge is -2.05. The Morgan fingerprint density at radius 2 is 2.29 bits per heavy atom. The Balaban J connectivity index is 2.35. The molecule has 0 heterocycles. The molecular formula is C11H14BrN3OS. The fourth-order valence-electron chi connectivity index (χ4n) is 1.05. The molecule has 4 nitrogen and oxygen atoms in total. The third-order valence-corrected chi connectivity index (χ3v) is 2.82. The molecule has 0 atom stereocenters. The van der Waals surface area contributed by atoms with Gasteiger partial charge in [-0.25, -0.2) is 0 Å². The molecule has 0 fully saturated rings. The fraction of sp³-hybridized carbons (Fsp3) is 0.273. The van der Waals surface area contributed by atoms with Crippen molar-refractivity contribution in [3.63, 3.8) is 0 Å². The number of hydrazone groups is 1. The lowest BCUT2D eigenvalue weighted by Crippen LogP contribution is -2.34. The third-order valence-electron chi connectivity index (χ3n) is 1.87. The minimum Gasteiger partial charge on any atom is -0.383 e. The van der Waals surface area contributed by atoms with Gasteiger partial charge in [-0.05, 0) is 18.3 Å². The summed E-state index contributed by atoms with van der Waals surface area (Å²) in [5.41, 5.74) is 3.72. The van der Waals surface area contributed by atoms with Crippen LogP contribution in [0.4, 0.5) is 0 Å². The number of benzene rings is 1. The maximum Gasteiger partial charge on any atom is 0.187 e. The van der Waals surface area contributed by atoms with Gasteiger partial charge in [0.05, 0.1) is 12.8 Å². The van der Waals surface area contributed by atoms with Gasteiger partial charge in [-0.2, -0.15) is 5.10 Å². The van der Waals surface area contributed by atoms with E-state index in [1.807, 2.05) is 24.3 Å². The molecule has 0 unspecified atom stereocenters. The molecule has 6 heteroatoms. The normalized spacial score (nSPS) is 10.5. The molecule has 2 N–H and O–H groups in total. The van der Waals surface area contributed by atoms with E-state index in [0.717, 1.165) is 10.0 Å². The van der Waals surface area contributed by atoms with Gasteiger partial charge in [0.2, 0.25) is 0 Å². The Hall–Kier alpha value is -0.980. The van der Waals surface area contributed by atoms with Crippen LogP contribution in [0.3, 0.4) is 0 Å². The summed E-state index contributed by atoms with van der Waals surface area (Å²) >= 11 is 8.44. The number of rotatable bonds is 5. The van der Waals surface area contributed by atoms with Gasteiger partial charge in [-0.1, -0.05) is 34.1 Å². The summed E-state index contributed by atoms with van der Waals surface area (Å²) in [7, 11) is 1.64. The standard InChI is InChI=1S/C11H14BrN3OS/c1-16-7-6-13-11(17)15-14-8-9-4-2-3-5-10(9)12/h2-5,8H,6-7H2,1H3,(H2,13,15,17)/b14-8-. The molecule has 0 aliphatic carbocycles. The van der Waals surface area contributed by atoms with Crippen molar-refractivity contribution in [3.8, 4) is 0 Å². The molecule has 0 aliphatic heterocycles. The van der Waals surface area contributed by atoms with Crippen LogP contribution in [-0.4, -0.2) is 31.6 Å². The van der Waals surface area contributed by atoms with E-state index >= 15 is 0 Å². The van der Waals surface area contributed by atoms with E-state index in [1.54, 1.807) is 13.3 Å². The molecule has 0 saturated heterocycles.